The molecule has 1 atom stereocenters. The molecule has 1 amide bonds. The van der Waals surface area contributed by atoms with Gasteiger partial charge in [-0.15, -0.1) is 0 Å². The molecule has 1 aliphatic rings. The highest BCUT2D eigenvalue weighted by Crippen LogP contribution is 2.31. The summed E-state index contributed by atoms with van der Waals surface area (Å²) in [5.74, 6) is -0.707. The number of nitrogens with two attached hydrogens (primary N) is 1. The lowest BCUT2D eigenvalue weighted by molar-refractivity contribution is -0.154. The maximum Gasteiger partial charge on any atom is 0.401 e. The Labute approximate surface area is 80.0 Å². The van der Waals surface area contributed by atoms with Crippen molar-refractivity contribution in [2.75, 3.05) is 6.54 Å². The third kappa shape index (κ3) is 3.17. The minimum absolute atomic E-state index is 0.126. The summed E-state index contributed by atoms with van der Waals surface area (Å²) in [5.41, 5.74) is 4.97. The van der Waals surface area contributed by atoms with Crippen LogP contribution in [0.3, 0.4) is 0 Å². The van der Waals surface area contributed by atoms with Gasteiger partial charge in [0, 0.05) is 6.04 Å². The largest absolute Gasteiger partial charge is 0.401 e. The van der Waals surface area contributed by atoms with E-state index in [4.69, 9.17) is 5.73 Å². The van der Waals surface area contributed by atoms with Crippen molar-refractivity contribution in [2.24, 2.45) is 5.73 Å². The smallest absolute Gasteiger partial charge is 0.368 e. The van der Waals surface area contributed by atoms with Crippen molar-refractivity contribution in [1.29, 1.82) is 0 Å². The highest BCUT2D eigenvalue weighted by atomic mass is 19.4. The number of primary amides is 1. The summed E-state index contributed by atoms with van der Waals surface area (Å²) in [7, 11) is 0. The standard InChI is InChI=1S/C8H13F3N2O/c1-5(7(12)14)13(6-2-3-6)4-8(9,10)11/h5-6H,2-4H2,1H3,(H2,12,14). The molecule has 0 saturated heterocycles. The van der Waals surface area contributed by atoms with Gasteiger partial charge >= 0.3 is 6.18 Å². The van der Waals surface area contributed by atoms with Crippen LogP contribution in [0.15, 0.2) is 0 Å². The average molecular weight is 210 g/mol. The van der Waals surface area contributed by atoms with Gasteiger partial charge in [-0.1, -0.05) is 0 Å². The van der Waals surface area contributed by atoms with Crippen molar-refractivity contribution in [3.05, 3.63) is 0 Å². The summed E-state index contributed by atoms with van der Waals surface area (Å²) >= 11 is 0. The van der Waals surface area contributed by atoms with E-state index in [1.165, 1.54) is 6.92 Å². The van der Waals surface area contributed by atoms with Crippen molar-refractivity contribution in [1.82, 2.24) is 4.90 Å². The molecule has 82 valence electrons. The van der Waals surface area contributed by atoms with Gasteiger partial charge in [-0.25, -0.2) is 0 Å². The predicted molar refractivity (Wildman–Crippen MR) is 44.4 cm³/mol. The van der Waals surface area contributed by atoms with E-state index in [-0.39, 0.29) is 6.04 Å². The Balaban J connectivity index is 2.59. The number of hydrogen-bond acceptors (Lipinski definition) is 2. The van der Waals surface area contributed by atoms with Crippen molar-refractivity contribution in [2.45, 2.75) is 38.0 Å². The summed E-state index contributed by atoms with van der Waals surface area (Å²) in [4.78, 5) is 11.9. The number of rotatable bonds is 4. The first-order valence-electron chi connectivity index (χ1n) is 4.43. The maximum atomic E-state index is 12.1. The van der Waals surface area contributed by atoms with Crippen LogP contribution in [0.4, 0.5) is 13.2 Å². The first-order valence-corrected chi connectivity index (χ1v) is 4.43. The Morgan fingerprint density at radius 1 is 1.57 bits per heavy atom. The lowest BCUT2D eigenvalue weighted by Crippen LogP contribution is -2.48. The van der Waals surface area contributed by atoms with Crippen LogP contribution >= 0.6 is 0 Å². The lowest BCUT2D eigenvalue weighted by atomic mass is 10.2. The lowest BCUT2D eigenvalue weighted by Gasteiger charge is -2.27. The number of hydrogen-bond donors (Lipinski definition) is 1. The first kappa shape index (κ1) is 11.3. The van der Waals surface area contributed by atoms with E-state index in [2.05, 4.69) is 0 Å². The second kappa shape index (κ2) is 3.76. The molecule has 0 radical (unpaired) electrons. The number of nitrogens with zero attached hydrogens (tertiary/aromatic N) is 1. The number of alkyl halides is 3. The van der Waals surface area contributed by atoms with Gasteiger partial charge in [-0.3, -0.25) is 9.69 Å². The van der Waals surface area contributed by atoms with E-state index in [0.717, 1.165) is 4.90 Å². The van der Waals surface area contributed by atoms with Gasteiger partial charge in [-0.2, -0.15) is 13.2 Å². The predicted octanol–water partition coefficient (Wildman–Crippen LogP) is 0.887. The van der Waals surface area contributed by atoms with Crippen LogP contribution in [-0.4, -0.2) is 35.6 Å². The minimum atomic E-state index is -4.27. The van der Waals surface area contributed by atoms with E-state index in [1.54, 1.807) is 0 Å². The highest BCUT2D eigenvalue weighted by molar-refractivity contribution is 5.79. The maximum absolute atomic E-state index is 12.1. The minimum Gasteiger partial charge on any atom is -0.368 e. The van der Waals surface area contributed by atoms with Gasteiger partial charge < -0.3 is 5.73 Å². The normalized spacial score (nSPS) is 19.8. The number of carbonyl (C=O) groups is 1. The summed E-state index contributed by atoms with van der Waals surface area (Å²) in [6.07, 6.45) is -2.84. The average Bonchev–Trinajstić information content (AvgIpc) is 2.79. The Bertz CT molecular complexity index is 225. The summed E-state index contributed by atoms with van der Waals surface area (Å²) in [6.45, 7) is 0.355. The van der Waals surface area contributed by atoms with E-state index in [9.17, 15) is 18.0 Å². The second-order valence-corrected chi connectivity index (χ2v) is 3.60. The van der Waals surface area contributed by atoms with Crippen molar-refractivity contribution in [3.8, 4) is 0 Å². The van der Waals surface area contributed by atoms with Gasteiger partial charge in [0.05, 0.1) is 12.6 Å². The number of halogens is 3. The van der Waals surface area contributed by atoms with Gasteiger partial charge in [0.15, 0.2) is 0 Å². The molecule has 1 fully saturated rings. The fourth-order valence-electron chi connectivity index (χ4n) is 1.36. The third-order valence-corrected chi connectivity index (χ3v) is 2.29. The molecule has 1 saturated carbocycles. The van der Waals surface area contributed by atoms with Crippen molar-refractivity contribution in [3.63, 3.8) is 0 Å². The molecule has 2 N–H and O–H groups in total. The molecule has 14 heavy (non-hydrogen) atoms. The SMILES string of the molecule is CC(C(N)=O)N(CC(F)(F)F)C1CC1. The first-order chi connectivity index (χ1) is 6.31. The zero-order chi connectivity index (χ0) is 10.9. The van der Waals surface area contributed by atoms with Crippen LogP contribution in [0, 0.1) is 0 Å². The van der Waals surface area contributed by atoms with Crippen LogP contribution in [0.1, 0.15) is 19.8 Å². The molecule has 0 aromatic rings. The summed E-state index contributed by atoms with van der Waals surface area (Å²) in [6, 6.07) is -0.969. The molecule has 0 aliphatic heterocycles. The molecule has 6 heteroatoms. The second-order valence-electron chi connectivity index (χ2n) is 3.60. The van der Waals surface area contributed by atoms with Crippen LogP contribution in [-0.2, 0) is 4.79 Å². The Morgan fingerprint density at radius 2 is 2.07 bits per heavy atom. The Kier molecular flexibility index (Phi) is 3.04. The molecule has 1 rings (SSSR count). The van der Waals surface area contributed by atoms with E-state index in [1.807, 2.05) is 0 Å². The fraction of sp³-hybridized carbons (Fsp3) is 0.875. The highest BCUT2D eigenvalue weighted by Gasteiger charge is 2.41. The molecular formula is C8H13F3N2O. The fourth-order valence-corrected chi connectivity index (χ4v) is 1.36. The van der Waals surface area contributed by atoms with Gasteiger partial charge in [-0.05, 0) is 19.8 Å². The van der Waals surface area contributed by atoms with Gasteiger partial charge in [0.1, 0.15) is 0 Å². The molecule has 3 nitrogen and oxygen atoms in total. The monoisotopic (exact) mass is 210 g/mol. The number of amides is 1. The molecule has 0 aromatic heterocycles. The molecular weight excluding hydrogens is 197 g/mol. The third-order valence-electron chi connectivity index (χ3n) is 2.29. The van der Waals surface area contributed by atoms with E-state index < -0.39 is 24.7 Å². The molecule has 0 heterocycles. The van der Waals surface area contributed by atoms with Crippen molar-refractivity contribution >= 4 is 5.91 Å². The Morgan fingerprint density at radius 3 is 2.36 bits per heavy atom. The van der Waals surface area contributed by atoms with Crippen LogP contribution in [0.25, 0.3) is 0 Å². The zero-order valence-electron chi connectivity index (χ0n) is 7.84. The quantitative estimate of drug-likeness (QED) is 0.748. The zero-order valence-corrected chi connectivity index (χ0v) is 7.84. The molecule has 1 aliphatic carbocycles. The summed E-state index contributed by atoms with van der Waals surface area (Å²) < 4.78 is 36.4. The topological polar surface area (TPSA) is 46.3 Å². The van der Waals surface area contributed by atoms with Crippen LogP contribution in [0.2, 0.25) is 0 Å². The van der Waals surface area contributed by atoms with Crippen LogP contribution in [0.5, 0.6) is 0 Å². The number of carbonyl (C=O) groups excluding carboxylic acids is 1. The summed E-state index contributed by atoms with van der Waals surface area (Å²) in [5, 5.41) is 0. The van der Waals surface area contributed by atoms with E-state index >= 15 is 0 Å². The molecule has 1 unspecified atom stereocenters. The van der Waals surface area contributed by atoms with Crippen LogP contribution < -0.4 is 5.73 Å². The molecule has 0 aromatic carbocycles. The van der Waals surface area contributed by atoms with Gasteiger partial charge in [0.25, 0.3) is 0 Å². The Hall–Kier alpha value is -0.780. The molecule has 0 bridgehead atoms. The van der Waals surface area contributed by atoms with Gasteiger partial charge in [0.2, 0.25) is 5.91 Å². The molecule has 0 spiro atoms. The van der Waals surface area contributed by atoms with E-state index in [0.29, 0.717) is 12.8 Å². The van der Waals surface area contributed by atoms with Crippen molar-refractivity contribution < 1.29 is 18.0 Å².